The van der Waals surface area contributed by atoms with Crippen LogP contribution in [0.1, 0.15) is 40.4 Å². The van der Waals surface area contributed by atoms with Gasteiger partial charge in [0.2, 0.25) is 0 Å². The smallest absolute Gasteiger partial charge is 0.340 e. The Morgan fingerprint density at radius 3 is 2.44 bits per heavy atom. The third kappa shape index (κ3) is 5.48. The van der Waals surface area contributed by atoms with Crippen LogP contribution in [-0.4, -0.2) is 71.7 Å². The van der Waals surface area contributed by atoms with E-state index in [-0.39, 0.29) is 23.1 Å². The maximum atomic E-state index is 12.7. The van der Waals surface area contributed by atoms with Crippen molar-refractivity contribution in [3.05, 3.63) is 53.2 Å². The molecule has 2 aromatic rings. The monoisotopic (exact) mass is 479 g/mol. The number of hydrogen-bond donors (Lipinski definition) is 1. The van der Waals surface area contributed by atoms with Gasteiger partial charge in [-0.1, -0.05) is 18.2 Å². The first kappa shape index (κ1) is 23.6. The zero-order chi connectivity index (χ0) is 24.1. The van der Waals surface area contributed by atoms with E-state index < -0.39 is 12.6 Å². The Morgan fingerprint density at radius 1 is 1.15 bits per heavy atom. The second-order valence-electron chi connectivity index (χ2n) is 8.11. The van der Waals surface area contributed by atoms with Crippen molar-refractivity contribution in [1.82, 2.24) is 14.8 Å². The molecule has 9 nitrogen and oxygen atoms in total. The molecule has 1 saturated carbocycles. The number of hydrogen-bond acceptors (Lipinski definition) is 7. The summed E-state index contributed by atoms with van der Waals surface area (Å²) in [7, 11) is 0. The number of esters is 1. The first-order valence-electron chi connectivity index (χ1n) is 11.0. The van der Waals surface area contributed by atoms with Crippen LogP contribution in [-0.2, 0) is 9.53 Å². The molecule has 4 rings (SSSR count). The summed E-state index contributed by atoms with van der Waals surface area (Å²) >= 11 is 1.31. The molecule has 1 N–H and O–H groups in total. The summed E-state index contributed by atoms with van der Waals surface area (Å²) in [4.78, 5) is 45.5. The quantitative estimate of drug-likeness (QED) is 0.500. The normalized spacial score (nSPS) is 15.4. The lowest BCUT2D eigenvalue weighted by atomic mass is 10.1. The summed E-state index contributed by atoms with van der Waals surface area (Å²) < 4.78 is 5.28. The Hall–Kier alpha value is -3.58. The number of pyridine rings is 1. The van der Waals surface area contributed by atoms with Gasteiger partial charge in [0.25, 0.3) is 5.91 Å². The first-order valence-corrected chi connectivity index (χ1v) is 12.3. The van der Waals surface area contributed by atoms with Crippen LogP contribution in [0.3, 0.4) is 0 Å². The SMILES string of the molecule is CSc1nc(C2CC2)cc(C(=O)OCC(=O)N2CCN(C(=O)Nc3ccccc3)CC2)c1C#N. The fourth-order valence-corrected chi connectivity index (χ4v) is 4.28. The minimum Gasteiger partial charge on any atom is -0.452 e. The Kier molecular flexibility index (Phi) is 7.33. The van der Waals surface area contributed by atoms with Gasteiger partial charge in [0.15, 0.2) is 6.61 Å². The van der Waals surface area contributed by atoms with E-state index in [9.17, 15) is 19.6 Å². The Morgan fingerprint density at radius 2 is 1.82 bits per heavy atom. The molecular formula is C24H25N5O4S. The highest BCUT2D eigenvalue weighted by atomic mass is 32.2. The van der Waals surface area contributed by atoms with E-state index in [1.54, 1.807) is 22.1 Å². The average molecular weight is 480 g/mol. The number of aromatic nitrogens is 1. The zero-order valence-electron chi connectivity index (χ0n) is 18.8. The predicted octanol–water partition coefficient (Wildman–Crippen LogP) is 3.09. The number of nitriles is 1. The molecule has 1 aliphatic heterocycles. The molecule has 2 fully saturated rings. The van der Waals surface area contributed by atoms with Gasteiger partial charge in [0.1, 0.15) is 11.1 Å². The lowest BCUT2D eigenvalue weighted by Gasteiger charge is -2.34. The maximum absolute atomic E-state index is 12.7. The standard InChI is InChI=1S/C24H25N5O4S/c1-34-22-19(14-25)18(13-20(27-22)16-7-8-16)23(31)33-15-21(30)28-9-11-29(12-10-28)24(32)26-17-5-3-2-4-6-17/h2-6,13,16H,7-12,15H2,1H3,(H,26,32). The summed E-state index contributed by atoms with van der Waals surface area (Å²) in [5, 5.41) is 12.9. The Balaban J connectivity index is 1.31. The van der Waals surface area contributed by atoms with Gasteiger partial charge in [-0.15, -0.1) is 11.8 Å². The molecule has 2 aliphatic rings. The molecule has 10 heteroatoms. The van der Waals surface area contributed by atoms with Crippen LogP contribution in [0, 0.1) is 11.3 Å². The van der Waals surface area contributed by atoms with Gasteiger partial charge in [-0.05, 0) is 37.3 Å². The molecule has 0 atom stereocenters. The van der Waals surface area contributed by atoms with E-state index in [1.807, 2.05) is 36.4 Å². The van der Waals surface area contributed by atoms with E-state index in [4.69, 9.17) is 4.74 Å². The number of para-hydroxylation sites is 1. The van der Waals surface area contributed by atoms with E-state index in [2.05, 4.69) is 10.3 Å². The number of nitrogens with one attached hydrogen (secondary N) is 1. The number of benzene rings is 1. The van der Waals surface area contributed by atoms with Crippen molar-refractivity contribution in [2.75, 3.05) is 44.4 Å². The van der Waals surface area contributed by atoms with Gasteiger partial charge < -0.3 is 19.9 Å². The molecule has 1 aromatic heterocycles. The van der Waals surface area contributed by atoms with Gasteiger partial charge in [0, 0.05) is 43.5 Å². The zero-order valence-corrected chi connectivity index (χ0v) is 19.6. The minimum absolute atomic E-state index is 0.152. The lowest BCUT2D eigenvalue weighted by molar-refractivity contribution is -0.135. The number of urea groups is 1. The van der Waals surface area contributed by atoms with Crippen molar-refractivity contribution in [3.63, 3.8) is 0 Å². The summed E-state index contributed by atoms with van der Waals surface area (Å²) in [5.41, 5.74) is 1.82. The molecule has 0 radical (unpaired) electrons. The number of carbonyl (C=O) groups is 3. The van der Waals surface area contributed by atoms with Crippen LogP contribution in [0.5, 0.6) is 0 Å². The molecule has 1 aliphatic carbocycles. The molecule has 1 aromatic carbocycles. The van der Waals surface area contributed by atoms with Gasteiger partial charge in [0.05, 0.1) is 11.1 Å². The average Bonchev–Trinajstić information content (AvgIpc) is 3.72. The number of rotatable bonds is 6. The van der Waals surface area contributed by atoms with Gasteiger partial charge >= 0.3 is 12.0 Å². The number of ether oxygens (including phenoxy) is 1. The number of nitrogens with zero attached hydrogens (tertiary/aromatic N) is 4. The third-order valence-corrected chi connectivity index (χ3v) is 6.48. The molecule has 0 spiro atoms. The number of carbonyl (C=O) groups excluding carboxylic acids is 3. The second-order valence-corrected chi connectivity index (χ2v) is 8.90. The summed E-state index contributed by atoms with van der Waals surface area (Å²) in [5.74, 6) is -0.732. The van der Waals surface area contributed by atoms with Crippen LogP contribution >= 0.6 is 11.8 Å². The van der Waals surface area contributed by atoms with Crippen molar-refractivity contribution < 1.29 is 19.1 Å². The summed E-state index contributed by atoms with van der Waals surface area (Å²) in [6.07, 6.45) is 3.82. The first-order chi connectivity index (χ1) is 16.5. The molecule has 1 saturated heterocycles. The summed E-state index contributed by atoms with van der Waals surface area (Å²) in [6.45, 7) is 1.03. The van der Waals surface area contributed by atoms with E-state index in [1.165, 1.54) is 11.8 Å². The van der Waals surface area contributed by atoms with Crippen molar-refractivity contribution >= 4 is 35.4 Å². The largest absolute Gasteiger partial charge is 0.452 e. The lowest BCUT2D eigenvalue weighted by Crippen LogP contribution is -2.52. The van der Waals surface area contributed by atoms with Crippen LogP contribution in [0.25, 0.3) is 0 Å². The Labute approximate surface area is 202 Å². The Bertz CT molecular complexity index is 1120. The third-order valence-electron chi connectivity index (χ3n) is 5.80. The number of piperazine rings is 1. The van der Waals surface area contributed by atoms with Gasteiger partial charge in [-0.2, -0.15) is 5.26 Å². The fraction of sp³-hybridized carbons (Fsp3) is 0.375. The summed E-state index contributed by atoms with van der Waals surface area (Å²) in [6, 6.07) is 12.6. The van der Waals surface area contributed by atoms with Crippen molar-refractivity contribution in [3.8, 4) is 6.07 Å². The minimum atomic E-state index is -0.703. The predicted molar refractivity (Wildman–Crippen MR) is 127 cm³/mol. The highest BCUT2D eigenvalue weighted by molar-refractivity contribution is 7.98. The molecule has 34 heavy (non-hydrogen) atoms. The van der Waals surface area contributed by atoms with Crippen LogP contribution in [0.4, 0.5) is 10.5 Å². The highest BCUT2D eigenvalue weighted by Crippen LogP contribution is 2.40. The van der Waals surface area contributed by atoms with E-state index in [0.29, 0.717) is 42.8 Å². The van der Waals surface area contributed by atoms with Gasteiger partial charge in [-0.3, -0.25) is 4.79 Å². The van der Waals surface area contributed by atoms with E-state index >= 15 is 0 Å². The molecule has 3 amide bonds. The topological polar surface area (TPSA) is 116 Å². The molecule has 2 heterocycles. The number of amides is 3. The van der Waals surface area contributed by atoms with Crippen molar-refractivity contribution in [2.45, 2.75) is 23.8 Å². The van der Waals surface area contributed by atoms with E-state index in [0.717, 1.165) is 18.5 Å². The van der Waals surface area contributed by atoms with Crippen LogP contribution in [0.2, 0.25) is 0 Å². The van der Waals surface area contributed by atoms with Crippen molar-refractivity contribution in [2.24, 2.45) is 0 Å². The van der Waals surface area contributed by atoms with Gasteiger partial charge in [-0.25, -0.2) is 14.6 Å². The number of thioether (sulfide) groups is 1. The second kappa shape index (κ2) is 10.6. The van der Waals surface area contributed by atoms with Crippen LogP contribution in [0.15, 0.2) is 41.4 Å². The highest BCUT2D eigenvalue weighted by Gasteiger charge is 2.30. The van der Waals surface area contributed by atoms with Crippen molar-refractivity contribution in [1.29, 1.82) is 5.26 Å². The molecular weight excluding hydrogens is 454 g/mol. The molecule has 0 unspecified atom stereocenters. The fourth-order valence-electron chi connectivity index (χ4n) is 3.72. The number of anilines is 1. The molecule has 0 bridgehead atoms. The molecule has 176 valence electrons. The van der Waals surface area contributed by atoms with Crippen LogP contribution < -0.4 is 5.32 Å². The maximum Gasteiger partial charge on any atom is 0.340 e.